The number of hydrogen-bond acceptors (Lipinski definition) is 6. The molecule has 6 nitrogen and oxygen atoms in total. The van der Waals surface area contributed by atoms with Crippen LogP contribution in [0.25, 0.3) is 0 Å². The molecule has 0 spiro atoms. The first-order valence-corrected chi connectivity index (χ1v) is 9.54. The van der Waals surface area contributed by atoms with Gasteiger partial charge in [0.15, 0.2) is 0 Å². The number of ether oxygens (including phenoxy) is 2. The van der Waals surface area contributed by atoms with E-state index in [4.69, 9.17) is 9.47 Å². The molecule has 1 fully saturated rings. The van der Waals surface area contributed by atoms with Crippen molar-refractivity contribution in [3.63, 3.8) is 0 Å². The van der Waals surface area contributed by atoms with Gasteiger partial charge in [-0.1, -0.05) is 26.8 Å². The molecule has 1 aromatic carbocycles. The van der Waals surface area contributed by atoms with Crippen LogP contribution in [0.3, 0.4) is 0 Å². The molecule has 1 amide bonds. The molecule has 2 atom stereocenters. The van der Waals surface area contributed by atoms with Gasteiger partial charge in [-0.15, -0.1) is 11.8 Å². The van der Waals surface area contributed by atoms with Gasteiger partial charge < -0.3 is 14.8 Å². The van der Waals surface area contributed by atoms with E-state index in [2.05, 4.69) is 5.32 Å². The zero-order chi connectivity index (χ0) is 19.5. The Bertz CT molecular complexity index is 710. The summed E-state index contributed by atoms with van der Waals surface area (Å²) in [6.45, 7) is 9.29. The Kier molecular flexibility index (Phi) is 6.34. The normalized spacial score (nSPS) is 18.7. The first kappa shape index (κ1) is 20.3. The fourth-order valence-corrected chi connectivity index (χ4v) is 3.90. The van der Waals surface area contributed by atoms with Crippen LogP contribution in [-0.4, -0.2) is 35.4 Å². The third kappa shape index (κ3) is 5.00. The van der Waals surface area contributed by atoms with Gasteiger partial charge in [0.25, 0.3) is 0 Å². The van der Waals surface area contributed by atoms with Crippen molar-refractivity contribution in [2.24, 2.45) is 0 Å². The topological polar surface area (TPSA) is 81.7 Å². The molecular weight excluding hydrogens is 354 g/mol. The molecule has 0 aliphatic carbocycles. The average molecular weight is 379 g/mol. The predicted octanol–water partition coefficient (Wildman–Crippen LogP) is 2.75. The monoisotopic (exact) mass is 379 g/mol. The summed E-state index contributed by atoms with van der Waals surface area (Å²) in [6, 6.07) is 5.29. The van der Waals surface area contributed by atoms with Crippen LogP contribution in [0, 0.1) is 0 Å². The van der Waals surface area contributed by atoms with Gasteiger partial charge in [0.05, 0.1) is 0 Å². The molecule has 1 saturated heterocycles. The summed E-state index contributed by atoms with van der Waals surface area (Å²) in [5.41, 5.74) is 1.21. The van der Waals surface area contributed by atoms with Gasteiger partial charge in [-0.3, -0.25) is 14.4 Å². The molecule has 0 radical (unpaired) electrons. The van der Waals surface area contributed by atoms with Crippen molar-refractivity contribution in [3.05, 3.63) is 29.3 Å². The van der Waals surface area contributed by atoms with Crippen LogP contribution in [0.1, 0.15) is 51.8 Å². The molecule has 0 bridgehead atoms. The van der Waals surface area contributed by atoms with Crippen LogP contribution < -0.4 is 10.1 Å². The molecule has 1 aromatic rings. The molecule has 2 rings (SSSR count). The lowest BCUT2D eigenvalue weighted by Gasteiger charge is -2.30. The highest BCUT2D eigenvalue weighted by atomic mass is 32.2. The SMILES string of the molecule is CC(=O)Oc1ccc(C(OC(C)=O)C2SCCNC2=O)cc1C(C)(C)C. The third-order valence-electron chi connectivity index (χ3n) is 3.92. The van der Waals surface area contributed by atoms with Crippen molar-refractivity contribution < 1.29 is 23.9 Å². The maximum Gasteiger partial charge on any atom is 0.308 e. The summed E-state index contributed by atoms with van der Waals surface area (Å²) in [7, 11) is 0. The lowest BCUT2D eigenvalue weighted by Crippen LogP contribution is -2.43. The zero-order valence-corrected chi connectivity index (χ0v) is 16.6. The molecule has 0 aromatic heterocycles. The van der Waals surface area contributed by atoms with Crippen LogP contribution >= 0.6 is 11.8 Å². The number of nitrogens with one attached hydrogen (secondary N) is 1. The van der Waals surface area contributed by atoms with Gasteiger partial charge >= 0.3 is 11.9 Å². The smallest absolute Gasteiger partial charge is 0.308 e. The maximum atomic E-state index is 12.3. The summed E-state index contributed by atoms with van der Waals surface area (Å²) >= 11 is 1.47. The fourth-order valence-electron chi connectivity index (χ4n) is 2.80. The van der Waals surface area contributed by atoms with Crippen molar-refractivity contribution in [2.45, 2.75) is 51.4 Å². The summed E-state index contributed by atoms with van der Waals surface area (Å²) < 4.78 is 10.8. The number of benzene rings is 1. The standard InChI is InChI=1S/C19H25NO5S/c1-11(21)24-15-7-6-13(10-14(15)19(3,4)5)16(25-12(2)22)17-18(23)20-8-9-26-17/h6-7,10,16-17H,8-9H2,1-5H3,(H,20,23). The molecule has 1 aliphatic heterocycles. The average Bonchev–Trinajstić information content (AvgIpc) is 2.52. The lowest BCUT2D eigenvalue weighted by atomic mass is 9.84. The Balaban J connectivity index is 2.48. The minimum absolute atomic E-state index is 0.145. The van der Waals surface area contributed by atoms with Crippen LogP contribution in [0.2, 0.25) is 0 Å². The number of thioether (sulfide) groups is 1. The van der Waals surface area contributed by atoms with E-state index in [1.54, 1.807) is 12.1 Å². The molecule has 7 heteroatoms. The van der Waals surface area contributed by atoms with E-state index in [1.807, 2.05) is 26.8 Å². The lowest BCUT2D eigenvalue weighted by molar-refractivity contribution is -0.147. The largest absolute Gasteiger partial charge is 0.456 e. The molecule has 2 unspecified atom stereocenters. The highest BCUT2D eigenvalue weighted by Gasteiger charge is 2.35. The summed E-state index contributed by atoms with van der Waals surface area (Å²) in [4.78, 5) is 35.3. The van der Waals surface area contributed by atoms with Gasteiger partial charge in [0.1, 0.15) is 17.1 Å². The van der Waals surface area contributed by atoms with Gasteiger partial charge in [-0.25, -0.2) is 0 Å². The van der Waals surface area contributed by atoms with E-state index in [0.29, 0.717) is 17.9 Å². The van der Waals surface area contributed by atoms with Crippen molar-refractivity contribution in [1.82, 2.24) is 5.32 Å². The first-order valence-electron chi connectivity index (χ1n) is 8.49. The number of carbonyl (C=O) groups is 3. The van der Waals surface area contributed by atoms with E-state index >= 15 is 0 Å². The number of hydrogen-bond donors (Lipinski definition) is 1. The van der Waals surface area contributed by atoms with Crippen LogP contribution in [0.5, 0.6) is 5.75 Å². The Hall–Kier alpha value is -2.02. The fraction of sp³-hybridized carbons (Fsp3) is 0.526. The highest BCUT2D eigenvalue weighted by molar-refractivity contribution is 8.00. The quantitative estimate of drug-likeness (QED) is 0.640. The molecular formula is C19H25NO5S. The second-order valence-corrected chi connectivity index (χ2v) is 8.46. The number of carbonyl (C=O) groups excluding carboxylic acids is 3. The second-order valence-electron chi connectivity index (χ2n) is 7.21. The molecule has 1 N–H and O–H groups in total. The van der Waals surface area contributed by atoms with Gasteiger partial charge in [-0.2, -0.15) is 0 Å². The Morgan fingerprint density at radius 3 is 2.46 bits per heavy atom. The third-order valence-corrected chi connectivity index (χ3v) is 5.18. The molecule has 142 valence electrons. The van der Waals surface area contributed by atoms with Crippen molar-refractivity contribution >= 4 is 29.6 Å². The van der Waals surface area contributed by atoms with Crippen molar-refractivity contribution in [2.75, 3.05) is 12.3 Å². The number of rotatable bonds is 4. The summed E-state index contributed by atoms with van der Waals surface area (Å²) in [5, 5.41) is 2.30. The first-order chi connectivity index (χ1) is 12.1. The molecule has 26 heavy (non-hydrogen) atoms. The Morgan fingerprint density at radius 2 is 1.92 bits per heavy atom. The molecule has 0 saturated carbocycles. The second kappa shape index (κ2) is 8.12. The van der Waals surface area contributed by atoms with Gasteiger partial charge in [-0.05, 0) is 23.1 Å². The molecule has 1 heterocycles. The number of amides is 1. The van der Waals surface area contributed by atoms with Gasteiger partial charge in [0, 0.05) is 31.7 Å². The summed E-state index contributed by atoms with van der Waals surface area (Å²) in [6.07, 6.45) is -0.703. The minimum Gasteiger partial charge on any atom is -0.456 e. The van der Waals surface area contributed by atoms with E-state index in [1.165, 1.54) is 25.6 Å². The van der Waals surface area contributed by atoms with Crippen molar-refractivity contribution in [1.29, 1.82) is 0 Å². The van der Waals surface area contributed by atoms with E-state index in [9.17, 15) is 14.4 Å². The van der Waals surface area contributed by atoms with Crippen LogP contribution in [-0.2, 0) is 24.5 Å². The highest BCUT2D eigenvalue weighted by Crippen LogP contribution is 2.38. The van der Waals surface area contributed by atoms with E-state index in [0.717, 1.165) is 11.3 Å². The minimum atomic E-state index is -0.703. The number of esters is 2. The van der Waals surface area contributed by atoms with E-state index < -0.39 is 23.3 Å². The van der Waals surface area contributed by atoms with Gasteiger partial charge in [0.2, 0.25) is 5.91 Å². The molecule has 1 aliphatic rings. The van der Waals surface area contributed by atoms with Crippen LogP contribution in [0.15, 0.2) is 18.2 Å². The zero-order valence-electron chi connectivity index (χ0n) is 15.8. The van der Waals surface area contributed by atoms with Crippen LogP contribution in [0.4, 0.5) is 0 Å². The van der Waals surface area contributed by atoms with Crippen molar-refractivity contribution in [3.8, 4) is 5.75 Å². The summed E-state index contributed by atoms with van der Waals surface area (Å²) in [5.74, 6) is 0.230. The predicted molar refractivity (Wildman–Crippen MR) is 100 cm³/mol. The van der Waals surface area contributed by atoms with E-state index in [-0.39, 0.29) is 11.3 Å². The maximum absolute atomic E-state index is 12.3. The Labute approximate surface area is 158 Å². The Morgan fingerprint density at radius 1 is 1.23 bits per heavy atom.